The van der Waals surface area contributed by atoms with Crippen molar-refractivity contribution in [2.75, 3.05) is 6.79 Å². The van der Waals surface area contributed by atoms with Crippen LogP contribution in [0.5, 0.6) is 17.2 Å². The van der Waals surface area contributed by atoms with E-state index in [1.807, 2.05) is 0 Å². The van der Waals surface area contributed by atoms with Gasteiger partial charge in [0.25, 0.3) is 11.6 Å². The normalized spacial score (nSPS) is 12.4. The highest BCUT2D eigenvalue weighted by Crippen LogP contribution is 2.37. The van der Waals surface area contributed by atoms with Crippen molar-refractivity contribution in [3.63, 3.8) is 0 Å². The Morgan fingerprint density at radius 2 is 2.04 bits per heavy atom. The summed E-state index contributed by atoms with van der Waals surface area (Å²) in [5, 5.41) is 24.7. The number of hydrazone groups is 1. The van der Waals surface area contributed by atoms with Crippen molar-refractivity contribution < 1.29 is 24.3 Å². The van der Waals surface area contributed by atoms with Crippen LogP contribution in [0.2, 0.25) is 5.02 Å². The van der Waals surface area contributed by atoms with Crippen LogP contribution in [0, 0.1) is 10.1 Å². The lowest BCUT2D eigenvalue weighted by molar-refractivity contribution is -0.385. The zero-order valence-corrected chi connectivity index (χ0v) is 13.2. The zero-order valence-electron chi connectivity index (χ0n) is 12.4. The second kappa shape index (κ2) is 6.65. The lowest BCUT2D eigenvalue weighted by Gasteiger charge is -2.04. The van der Waals surface area contributed by atoms with Gasteiger partial charge >= 0.3 is 0 Å². The van der Waals surface area contributed by atoms with E-state index in [4.69, 9.17) is 21.1 Å². The van der Waals surface area contributed by atoms with Gasteiger partial charge in [0.15, 0.2) is 11.5 Å². The van der Waals surface area contributed by atoms with E-state index in [-0.39, 0.29) is 40.1 Å². The molecule has 1 aliphatic rings. The summed E-state index contributed by atoms with van der Waals surface area (Å²) < 4.78 is 10.2. The van der Waals surface area contributed by atoms with Crippen molar-refractivity contribution in [3.05, 3.63) is 56.6 Å². The van der Waals surface area contributed by atoms with Crippen molar-refractivity contribution in [3.8, 4) is 17.2 Å². The Balaban J connectivity index is 1.81. The standard InChI is InChI=1S/C15H10ClN3O6/c16-9-1-2-12(20)10(4-9)15(21)18-17-6-8-3-13-14(25-7-24-13)5-11(8)19(22)23/h1-6,20H,7H2,(H,18,21)/b17-6+. The second-order valence-corrected chi connectivity index (χ2v) is 5.32. The number of nitro benzene ring substituents is 1. The van der Waals surface area contributed by atoms with Gasteiger partial charge in [-0.05, 0) is 24.3 Å². The van der Waals surface area contributed by atoms with Crippen LogP contribution in [0.25, 0.3) is 0 Å². The van der Waals surface area contributed by atoms with E-state index in [0.29, 0.717) is 5.75 Å². The molecule has 10 heteroatoms. The van der Waals surface area contributed by atoms with Crippen molar-refractivity contribution in [1.29, 1.82) is 0 Å². The molecule has 9 nitrogen and oxygen atoms in total. The molecule has 0 saturated carbocycles. The first-order chi connectivity index (χ1) is 12.0. The first kappa shape index (κ1) is 16.5. The molecule has 1 aliphatic heterocycles. The van der Waals surface area contributed by atoms with Gasteiger partial charge in [-0.25, -0.2) is 5.43 Å². The van der Waals surface area contributed by atoms with Crippen molar-refractivity contribution in [2.24, 2.45) is 5.10 Å². The fourth-order valence-corrected chi connectivity index (χ4v) is 2.29. The van der Waals surface area contributed by atoms with Gasteiger partial charge in [0, 0.05) is 5.02 Å². The zero-order chi connectivity index (χ0) is 18.0. The summed E-state index contributed by atoms with van der Waals surface area (Å²) in [6, 6.07) is 6.56. The molecular weight excluding hydrogens is 354 g/mol. The van der Waals surface area contributed by atoms with Gasteiger partial charge in [-0.3, -0.25) is 14.9 Å². The molecule has 0 aliphatic carbocycles. The number of nitro groups is 1. The minimum absolute atomic E-state index is 0.0299. The molecule has 0 fully saturated rings. The van der Waals surface area contributed by atoms with Crippen molar-refractivity contribution in [2.45, 2.75) is 0 Å². The molecule has 1 amide bonds. The van der Waals surface area contributed by atoms with E-state index in [1.165, 1.54) is 30.3 Å². The molecule has 2 aromatic rings. The number of carbonyl (C=O) groups is 1. The Bertz CT molecular complexity index is 899. The Morgan fingerprint density at radius 1 is 1.32 bits per heavy atom. The first-order valence-corrected chi connectivity index (χ1v) is 7.23. The fourth-order valence-electron chi connectivity index (χ4n) is 2.12. The molecule has 128 valence electrons. The largest absolute Gasteiger partial charge is 0.507 e. The van der Waals surface area contributed by atoms with Gasteiger partial charge in [0.2, 0.25) is 6.79 Å². The summed E-state index contributed by atoms with van der Waals surface area (Å²) in [6.45, 7) is -0.0299. The van der Waals surface area contributed by atoms with E-state index in [2.05, 4.69) is 10.5 Å². The summed E-state index contributed by atoms with van der Waals surface area (Å²) in [7, 11) is 0. The highest BCUT2D eigenvalue weighted by molar-refractivity contribution is 6.31. The molecule has 2 N–H and O–H groups in total. The molecule has 0 atom stereocenters. The van der Waals surface area contributed by atoms with Gasteiger partial charge in [-0.15, -0.1) is 0 Å². The third kappa shape index (κ3) is 3.45. The van der Waals surface area contributed by atoms with Gasteiger partial charge in [0.05, 0.1) is 28.3 Å². The SMILES string of the molecule is O=C(N/N=C/c1cc2c(cc1[N+](=O)[O-])OCO2)c1cc(Cl)ccc1O. The Morgan fingerprint density at radius 3 is 2.76 bits per heavy atom. The number of benzene rings is 2. The van der Waals surface area contributed by atoms with Crippen LogP contribution >= 0.6 is 11.6 Å². The first-order valence-electron chi connectivity index (χ1n) is 6.85. The number of fused-ring (bicyclic) bond motifs is 1. The monoisotopic (exact) mass is 363 g/mol. The predicted molar refractivity (Wildman–Crippen MR) is 87.4 cm³/mol. The van der Waals surface area contributed by atoms with Gasteiger partial charge in [-0.2, -0.15) is 5.10 Å². The number of phenolic OH excluding ortho intramolecular Hbond substituents is 1. The van der Waals surface area contributed by atoms with E-state index in [0.717, 1.165) is 6.21 Å². The Labute approximate surface area is 145 Å². The Hall–Kier alpha value is -3.33. The number of amides is 1. The molecule has 1 heterocycles. The molecule has 0 aromatic heterocycles. The second-order valence-electron chi connectivity index (χ2n) is 4.88. The Kier molecular flexibility index (Phi) is 4.40. The number of nitrogens with zero attached hydrogens (tertiary/aromatic N) is 2. The topological polar surface area (TPSA) is 123 Å². The number of hydrogen-bond donors (Lipinski definition) is 2. The summed E-state index contributed by atoms with van der Waals surface area (Å²) in [6.07, 6.45) is 1.10. The average Bonchev–Trinajstić information content (AvgIpc) is 3.03. The molecule has 25 heavy (non-hydrogen) atoms. The van der Waals surface area contributed by atoms with Crippen LogP contribution < -0.4 is 14.9 Å². The lowest BCUT2D eigenvalue weighted by Crippen LogP contribution is -2.17. The molecule has 0 radical (unpaired) electrons. The maximum absolute atomic E-state index is 12.0. The van der Waals surface area contributed by atoms with Gasteiger partial charge in [0.1, 0.15) is 5.75 Å². The number of nitrogens with one attached hydrogen (secondary N) is 1. The highest BCUT2D eigenvalue weighted by atomic mass is 35.5. The third-order valence-corrected chi connectivity index (χ3v) is 3.53. The van der Waals surface area contributed by atoms with Crippen molar-refractivity contribution in [1.82, 2.24) is 5.43 Å². The minimum atomic E-state index is -0.723. The summed E-state index contributed by atoms with van der Waals surface area (Å²) in [4.78, 5) is 22.5. The number of halogens is 1. The average molecular weight is 364 g/mol. The molecule has 0 spiro atoms. The lowest BCUT2D eigenvalue weighted by atomic mass is 10.1. The predicted octanol–water partition coefficient (Wildman–Crippen LogP) is 2.45. The number of ether oxygens (including phenoxy) is 2. The van der Waals surface area contributed by atoms with Crippen LogP contribution in [0.1, 0.15) is 15.9 Å². The summed E-state index contributed by atoms with van der Waals surface area (Å²) in [5.41, 5.74) is 1.95. The van der Waals surface area contributed by atoms with Gasteiger partial charge < -0.3 is 14.6 Å². The van der Waals surface area contributed by atoms with Crippen LogP contribution in [0.4, 0.5) is 5.69 Å². The number of carbonyl (C=O) groups excluding carboxylic acids is 1. The summed E-state index contributed by atoms with van der Waals surface area (Å²) in [5.74, 6) is -0.395. The van der Waals surface area contributed by atoms with E-state index < -0.39 is 10.8 Å². The molecule has 0 unspecified atom stereocenters. The smallest absolute Gasteiger partial charge is 0.282 e. The summed E-state index contributed by atoms with van der Waals surface area (Å²) >= 11 is 5.77. The number of hydrogen-bond acceptors (Lipinski definition) is 7. The fraction of sp³-hybridized carbons (Fsp3) is 0.0667. The quantitative estimate of drug-likeness (QED) is 0.488. The van der Waals surface area contributed by atoms with Crippen LogP contribution in [0.15, 0.2) is 35.4 Å². The van der Waals surface area contributed by atoms with Crippen molar-refractivity contribution >= 4 is 29.4 Å². The maximum Gasteiger partial charge on any atom is 0.282 e. The van der Waals surface area contributed by atoms with Crippen LogP contribution in [0.3, 0.4) is 0 Å². The van der Waals surface area contributed by atoms with Gasteiger partial charge in [-0.1, -0.05) is 11.6 Å². The minimum Gasteiger partial charge on any atom is -0.507 e. The van der Waals surface area contributed by atoms with E-state index in [1.54, 1.807) is 0 Å². The number of rotatable bonds is 4. The molecular formula is C15H10ClN3O6. The van der Waals surface area contributed by atoms with Crippen LogP contribution in [-0.2, 0) is 0 Å². The van der Waals surface area contributed by atoms with E-state index >= 15 is 0 Å². The molecule has 3 rings (SSSR count). The molecule has 0 saturated heterocycles. The van der Waals surface area contributed by atoms with E-state index in [9.17, 15) is 20.0 Å². The maximum atomic E-state index is 12.0. The van der Waals surface area contributed by atoms with Crippen LogP contribution in [-0.4, -0.2) is 28.9 Å². The number of aromatic hydroxyl groups is 1. The molecule has 0 bridgehead atoms. The highest BCUT2D eigenvalue weighted by Gasteiger charge is 2.22. The number of phenols is 1. The third-order valence-electron chi connectivity index (χ3n) is 3.29. The molecule has 2 aromatic carbocycles.